The van der Waals surface area contributed by atoms with Crippen LogP contribution in [-0.2, 0) is 6.42 Å². The van der Waals surface area contributed by atoms with Crippen LogP contribution in [0.3, 0.4) is 0 Å². The van der Waals surface area contributed by atoms with E-state index in [9.17, 15) is 5.11 Å². The Morgan fingerprint density at radius 3 is 2.81 bits per heavy atom. The van der Waals surface area contributed by atoms with Gasteiger partial charge in [0.2, 0.25) is 5.88 Å². The monoisotopic (exact) mass is 375 g/mol. The summed E-state index contributed by atoms with van der Waals surface area (Å²) in [6, 6.07) is 0.616. The second kappa shape index (κ2) is 7.79. The molecule has 2 aliphatic carbocycles. The smallest absolute Gasteiger partial charge is 0.225 e. The maximum absolute atomic E-state index is 10.2. The van der Waals surface area contributed by atoms with Gasteiger partial charge in [0, 0.05) is 10.9 Å². The third-order valence-electron chi connectivity index (χ3n) is 6.08. The maximum Gasteiger partial charge on any atom is 0.225 e. The summed E-state index contributed by atoms with van der Waals surface area (Å²) in [4.78, 5) is 11.5. The summed E-state index contributed by atoms with van der Waals surface area (Å²) in [5, 5.41) is 14.7. The van der Waals surface area contributed by atoms with E-state index >= 15 is 0 Å². The van der Waals surface area contributed by atoms with Crippen molar-refractivity contribution in [1.29, 1.82) is 0 Å². The van der Waals surface area contributed by atoms with Gasteiger partial charge in [-0.25, -0.2) is 9.97 Å². The van der Waals surface area contributed by atoms with Crippen molar-refractivity contribution in [2.24, 2.45) is 0 Å². The molecule has 1 fully saturated rings. The molecule has 0 aromatic carbocycles. The Morgan fingerprint density at radius 1 is 1.27 bits per heavy atom. The standard InChI is InChI=1S/C20H29N3O2S/c1-3-14(24)10-12-4-9-16-17(12)18-19(22-11-23-20(18)26-16)25-15-7-5-13(21-2)6-8-15/h11-15,21,24H,3-10H2,1-2H3/t12-,13?,14-,15?/m1/s1. The summed E-state index contributed by atoms with van der Waals surface area (Å²) in [5.74, 6) is 1.17. The van der Waals surface area contributed by atoms with E-state index in [0.29, 0.717) is 12.0 Å². The number of aromatic nitrogens is 2. The highest BCUT2D eigenvalue weighted by Gasteiger charge is 2.32. The maximum atomic E-state index is 10.2. The molecule has 0 saturated heterocycles. The Bertz CT molecular complexity index is 755. The van der Waals surface area contributed by atoms with Crippen molar-refractivity contribution in [2.75, 3.05) is 7.05 Å². The van der Waals surface area contributed by atoms with Crippen LogP contribution >= 0.6 is 11.3 Å². The van der Waals surface area contributed by atoms with E-state index in [1.807, 2.05) is 14.0 Å². The summed E-state index contributed by atoms with van der Waals surface area (Å²) in [5.41, 5.74) is 1.36. The zero-order valence-corrected chi connectivity index (χ0v) is 16.5. The van der Waals surface area contributed by atoms with E-state index in [0.717, 1.165) is 67.5 Å². The third-order valence-corrected chi connectivity index (χ3v) is 7.26. The number of aryl methyl sites for hydroxylation is 1. The van der Waals surface area contributed by atoms with Crippen molar-refractivity contribution in [3.05, 3.63) is 16.8 Å². The molecule has 5 nitrogen and oxygen atoms in total. The van der Waals surface area contributed by atoms with Gasteiger partial charge in [-0.05, 0) is 69.9 Å². The van der Waals surface area contributed by atoms with E-state index < -0.39 is 0 Å². The topological polar surface area (TPSA) is 67.3 Å². The Hall–Kier alpha value is -1.24. The number of rotatable bonds is 6. The number of thiophene rings is 1. The number of nitrogens with one attached hydrogen (secondary N) is 1. The van der Waals surface area contributed by atoms with E-state index in [-0.39, 0.29) is 12.2 Å². The first kappa shape index (κ1) is 18.1. The molecule has 0 bridgehead atoms. The predicted molar refractivity (Wildman–Crippen MR) is 105 cm³/mol. The molecule has 2 N–H and O–H groups in total. The van der Waals surface area contributed by atoms with Gasteiger partial charge in [0.05, 0.1) is 11.5 Å². The fourth-order valence-electron chi connectivity index (χ4n) is 4.49. The number of hydrogen-bond donors (Lipinski definition) is 2. The highest BCUT2D eigenvalue weighted by molar-refractivity contribution is 7.19. The Kier molecular flexibility index (Phi) is 5.43. The molecule has 26 heavy (non-hydrogen) atoms. The molecular weight excluding hydrogens is 346 g/mol. The van der Waals surface area contributed by atoms with Gasteiger partial charge < -0.3 is 15.2 Å². The second-order valence-electron chi connectivity index (χ2n) is 7.71. The van der Waals surface area contributed by atoms with Gasteiger partial charge in [-0.1, -0.05) is 6.92 Å². The van der Waals surface area contributed by atoms with Crippen LogP contribution in [0.15, 0.2) is 6.33 Å². The number of ether oxygens (including phenoxy) is 1. The number of aliphatic hydroxyl groups is 1. The molecule has 0 spiro atoms. The van der Waals surface area contributed by atoms with Crippen LogP contribution in [-0.4, -0.2) is 40.4 Å². The minimum atomic E-state index is -0.230. The molecule has 2 heterocycles. The highest BCUT2D eigenvalue weighted by Crippen LogP contribution is 2.47. The Balaban J connectivity index is 1.60. The fourth-order valence-corrected chi connectivity index (χ4v) is 5.72. The number of hydrogen-bond acceptors (Lipinski definition) is 6. The predicted octanol–water partition coefficient (Wildman–Crippen LogP) is 3.79. The number of nitrogens with zero attached hydrogens (tertiary/aromatic N) is 2. The fraction of sp³-hybridized carbons (Fsp3) is 0.700. The van der Waals surface area contributed by atoms with Crippen LogP contribution in [0.25, 0.3) is 10.2 Å². The summed E-state index contributed by atoms with van der Waals surface area (Å²) >= 11 is 1.78. The minimum absolute atomic E-state index is 0.230. The normalized spacial score (nSPS) is 26.8. The lowest BCUT2D eigenvalue weighted by molar-refractivity contribution is 0.137. The molecule has 6 heteroatoms. The first-order valence-electron chi connectivity index (χ1n) is 9.97. The molecule has 2 aromatic rings. The Labute approximate surface area is 159 Å². The Morgan fingerprint density at radius 2 is 2.08 bits per heavy atom. The van der Waals surface area contributed by atoms with Crippen molar-refractivity contribution >= 4 is 21.6 Å². The van der Waals surface area contributed by atoms with Gasteiger partial charge in [0.25, 0.3) is 0 Å². The van der Waals surface area contributed by atoms with Crippen LogP contribution in [0.1, 0.15) is 68.2 Å². The molecule has 2 aliphatic rings. The average Bonchev–Trinajstić information content (AvgIpc) is 3.22. The molecule has 4 rings (SSSR count). The quantitative estimate of drug-likeness (QED) is 0.804. The second-order valence-corrected chi connectivity index (χ2v) is 8.80. The molecule has 0 radical (unpaired) electrons. The molecule has 0 amide bonds. The molecule has 0 unspecified atom stereocenters. The molecule has 142 valence electrons. The third kappa shape index (κ3) is 3.47. The van der Waals surface area contributed by atoms with Crippen molar-refractivity contribution in [2.45, 2.75) is 82.5 Å². The first-order chi connectivity index (χ1) is 12.7. The SMILES string of the molecule is CC[C@@H](O)C[C@H]1CCc2sc3ncnc(OC4CCC(NC)CC4)c3c21. The summed E-state index contributed by atoms with van der Waals surface area (Å²) < 4.78 is 6.39. The lowest BCUT2D eigenvalue weighted by Crippen LogP contribution is -2.34. The van der Waals surface area contributed by atoms with Gasteiger partial charge in [0.15, 0.2) is 0 Å². The zero-order valence-electron chi connectivity index (χ0n) is 15.7. The van der Waals surface area contributed by atoms with E-state index in [1.165, 1.54) is 10.4 Å². The van der Waals surface area contributed by atoms with Gasteiger partial charge in [-0.3, -0.25) is 0 Å². The van der Waals surface area contributed by atoms with Crippen LogP contribution in [0.5, 0.6) is 5.88 Å². The van der Waals surface area contributed by atoms with Gasteiger partial charge in [0.1, 0.15) is 17.3 Å². The van der Waals surface area contributed by atoms with Gasteiger partial charge in [-0.15, -0.1) is 11.3 Å². The van der Waals surface area contributed by atoms with Crippen LogP contribution in [0.2, 0.25) is 0 Å². The van der Waals surface area contributed by atoms with Gasteiger partial charge >= 0.3 is 0 Å². The average molecular weight is 376 g/mol. The largest absolute Gasteiger partial charge is 0.474 e. The highest BCUT2D eigenvalue weighted by atomic mass is 32.1. The van der Waals surface area contributed by atoms with Crippen molar-refractivity contribution < 1.29 is 9.84 Å². The lowest BCUT2D eigenvalue weighted by atomic mass is 9.92. The lowest BCUT2D eigenvalue weighted by Gasteiger charge is -2.28. The number of fused-ring (bicyclic) bond motifs is 3. The summed E-state index contributed by atoms with van der Waals surface area (Å²) in [7, 11) is 2.04. The molecule has 1 saturated carbocycles. The summed E-state index contributed by atoms with van der Waals surface area (Å²) in [6.45, 7) is 2.05. The summed E-state index contributed by atoms with van der Waals surface area (Å²) in [6.07, 6.45) is 9.95. The molecule has 2 atom stereocenters. The first-order valence-corrected chi connectivity index (χ1v) is 10.8. The van der Waals surface area contributed by atoms with E-state index in [4.69, 9.17) is 4.74 Å². The molecule has 2 aromatic heterocycles. The number of aliphatic hydroxyl groups excluding tert-OH is 1. The van der Waals surface area contributed by atoms with Gasteiger partial charge in [-0.2, -0.15) is 0 Å². The van der Waals surface area contributed by atoms with Crippen LogP contribution < -0.4 is 10.1 Å². The van der Waals surface area contributed by atoms with E-state index in [1.54, 1.807) is 17.7 Å². The van der Waals surface area contributed by atoms with Crippen molar-refractivity contribution in [3.63, 3.8) is 0 Å². The minimum Gasteiger partial charge on any atom is -0.474 e. The van der Waals surface area contributed by atoms with Crippen LogP contribution in [0, 0.1) is 0 Å². The molecule has 0 aliphatic heterocycles. The van der Waals surface area contributed by atoms with Crippen molar-refractivity contribution in [1.82, 2.24) is 15.3 Å². The van der Waals surface area contributed by atoms with E-state index in [2.05, 4.69) is 15.3 Å². The molecular formula is C20H29N3O2S. The van der Waals surface area contributed by atoms with Crippen LogP contribution in [0.4, 0.5) is 0 Å². The zero-order chi connectivity index (χ0) is 18.1. The van der Waals surface area contributed by atoms with Crippen molar-refractivity contribution in [3.8, 4) is 5.88 Å².